The Balaban J connectivity index is 0.000000255. The summed E-state index contributed by atoms with van der Waals surface area (Å²) in [6.07, 6.45) is 10.8. The highest BCUT2D eigenvalue weighted by molar-refractivity contribution is 7.35. The first-order valence-corrected chi connectivity index (χ1v) is 30.9. The van der Waals surface area contributed by atoms with Crippen molar-refractivity contribution in [2.45, 2.75) is 131 Å². The third-order valence-corrected chi connectivity index (χ3v) is 25.4. The topological polar surface area (TPSA) is 70.1 Å². The van der Waals surface area contributed by atoms with Crippen molar-refractivity contribution in [1.29, 1.82) is 0 Å². The number of unbranched alkanes of at least 4 members (excludes halogenated alkanes) is 4. The van der Waals surface area contributed by atoms with E-state index in [1.807, 2.05) is 36.4 Å². The predicted octanol–water partition coefficient (Wildman–Crippen LogP) is 14.2. The number of carbonyl (C=O) groups excluding carboxylic acids is 2. The van der Waals surface area contributed by atoms with Gasteiger partial charge in [0.25, 0.3) is 0 Å². The van der Waals surface area contributed by atoms with Gasteiger partial charge >= 0.3 is 8.32 Å². The Hall–Kier alpha value is -5.42. The molecule has 380 valence electrons. The van der Waals surface area contributed by atoms with Crippen molar-refractivity contribution in [1.82, 2.24) is 0 Å². The SMILES string of the molecule is CC(C)(C)[Si](Cl)(c1ccccc1)c1ccccc1.CCCCN(CCCC)c1ccc(C=O)c(O)c1.CCCCN(CCCC)c1ccc(C=O)c(O[Si](c2ccccc2)(c2ccccc2)C(C)(C)C)c1. The molecule has 1 N–H and O–H groups in total. The van der Waals surface area contributed by atoms with Crippen molar-refractivity contribution >= 4 is 71.5 Å². The fourth-order valence-electron chi connectivity index (χ4n) is 9.05. The number of halogens is 1. The second-order valence-corrected chi connectivity index (χ2v) is 30.4. The van der Waals surface area contributed by atoms with Crippen LogP contribution in [-0.4, -0.2) is 59.6 Å². The first-order chi connectivity index (χ1) is 34.1. The minimum absolute atomic E-state index is 0.0667. The Morgan fingerprint density at radius 3 is 1.13 bits per heavy atom. The molecule has 6 aromatic rings. The summed E-state index contributed by atoms with van der Waals surface area (Å²) < 4.78 is 7.24. The predicted molar refractivity (Wildman–Crippen MR) is 311 cm³/mol. The van der Waals surface area contributed by atoms with Crippen molar-refractivity contribution in [3.63, 3.8) is 0 Å². The molecular formula is C62H83ClN2O4Si2. The van der Waals surface area contributed by atoms with Gasteiger partial charge in [-0.3, -0.25) is 9.59 Å². The summed E-state index contributed by atoms with van der Waals surface area (Å²) in [7, 11) is -5.05. The molecule has 6 nitrogen and oxygen atoms in total. The van der Waals surface area contributed by atoms with Gasteiger partial charge in [-0.05, 0) is 80.8 Å². The Morgan fingerprint density at radius 1 is 0.479 bits per heavy atom. The van der Waals surface area contributed by atoms with Gasteiger partial charge in [-0.2, -0.15) is 11.1 Å². The minimum Gasteiger partial charge on any atom is -0.533 e. The Kier molecular flexibility index (Phi) is 23.4. The van der Waals surface area contributed by atoms with E-state index in [1.54, 1.807) is 12.1 Å². The van der Waals surface area contributed by atoms with Gasteiger partial charge in [-0.15, -0.1) is 0 Å². The zero-order chi connectivity index (χ0) is 51.9. The van der Waals surface area contributed by atoms with Crippen LogP contribution in [-0.2, 0) is 0 Å². The molecule has 0 radical (unpaired) electrons. The van der Waals surface area contributed by atoms with Crippen LogP contribution in [0, 0.1) is 0 Å². The molecule has 0 aliphatic carbocycles. The number of hydrogen-bond acceptors (Lipinski definition) is 6. The molecule has 0 spiro atoms. The molecule has 0 amide bonds. The molecule has 0 bridgehead atoms. The van der Waals surface area contributed by atoms with E-state index in [0.717, 1.165) is 95.2 Å². The van der Waals surface area contributed by atoms with Gasteiger partial charge in [0.1, 0.15) is 11.5 Å². The number of aromatic hydroxyl groups is 1. The number of carbonyl (C=O) groups is 2. The average Bonchev–Trinajstić information content (AvgIpc) is 3.38. The standard InChI is InChI=1S/C31H41NO2Si.C16H19ClSi.C15H23NO2/c1-6-8-22-32(23-9-7-2)27-21-20-26(25-33)30(24-27)34-35(31(3,4)5,28-16-12-10-13-17-28)29-18-14-11-15-19-29;1-16(2,3)18(17,14-10-6-4-7-11-14)15-12-8-5-9-13-15;1-3-5-9-16(10-6-4-2)14-8-7-13(12-17)15(18)11-14/h10-21,24-25H,6-9,22-23H2,1-5H3;4-13H,1-3H3;7-8,11-12,18H,3-6,9-10H2,1-2H3. The Bertz CT molecular complexity index is 2360. The summed E-state index contributed by atoms with van der Waals surface area (Å²) in [4.78, 5) is 27.6. The van der Waals surface area contributed by atoms with Crippen molar-refractivity contribution < 1.29 is 19.1 Å². The zero-order valence-electron chi connectivity index (χ0n) is 44.6. The molecule has 71 heavy (non-hydrogen) atoms. The summed E-state index contributed by atoms with van der Waals surface area (Å²) in [5.74, 6) is 0.755. The summed E-state index contributed by atoms with van der Waals surface area (Å²) in [6, 6.07) is 53.6. The van der Waals surface area contributed by atoms with Gasteiger partial charge in [0.15, 0.2) is 12.6 Å². The third kappa shape index (κ3) is 15.5. The van der Waals surface area contributed by atoms with E-state index in [9.17, 15) is 14.7 Å². The molecule has 0 aliphatic rings. The van der Waals surface area contributed by atoms with E-state index >= 15 is 0 Å². The summed E-state index contributed by atoms with van der Waals surface area (Å²) in [5.41, 5.74) is 3.09. The van der Waals surface area contributed by atoms with Crippen LogP contribution < -0.4 is 35.0 Å². The molecule has 6 rings (SSSR count). The van der Waals surface area contributed by atoms with Crippen molar-refractivity contribution in [3.8, 4) is 11.5 Å². The lowest BCUT2D eigenvalue weighted by atomic mass is 10.1. The van der Waals surface area contributed by atoms with Crippen LogP contribution in [0.1, 0.15) is 141 Å². The first kappa shape index (κ1) is 58.2. The number of rotatable bonds is 22. The molecule has 0 unspecified atom stereocenters. The molecule has 9 heteroatoms. The quantitative estimate of drug-likeness (QED) is 0.0415. The smallest absolute Gasteiger partial charge is 0.319 e. The molecule has 6 aromatic carbocycles. The van der Waals surface area contributed by atoms with Crippen LogP contribution in [0.2, 0.25) is 10.1 Å². The Morgan fingerprint density at radius 2 is 0.817 bits per heavy atom. The van der Waals surface area contributed by atoms with Gasteiger partial charge in [-0.1, -0.05) is 216 Å². The largest absolute Gasteiger partial charge is 0.533 e. The molecule has 0 heterocycles. The third-order valence-electron chi connectivity index (χ3n) is 13.2. The molecule has 0 aromatic heterocycles. The highest BCUT2D eigenvalue weighted by atomic mass is 35.6. The normalized spacial score (nSPS) is 11.6. The van der Waals surface area contributed by atoms with Gasteiger partial charge in [-0.25, -0.2) is 0 Å². The highest BCUT2D eigenvalue weighted by Gasteiger charge is 2.52. The second kappa shape index (κ2) is 28.6. The van der Waals surface area contributed by atoms with E-state index < -0.39 is 15.7 Å². The molecule has 0 fully saturated rings. The van der Waals surface area contributed by atoms with Gasteiger partial charge < -0.3 is 19.3 Å². The lowest BCUT2D eigenvalue weighted by Crippen LogP contribution is -2.68. The fourth-order valence-corrected chi connectivity index (χ4v) is 17.6. The van der Waals surface area contributed by atoms with Crippen molar-refractivity contribution in [3.05, 3.63) is 169 Å². The number of phenols is 1. The van der Waals surface area contributed by atoms with E-state index in [1.165, 1.54) is 20.7 Å². The fraction of sp³-hybridized carbons (Fsp3) is 0.387. The van der Waals surface area contributed by atoms with Crippen LogP contribution in [0.25, 0.3) is 0 Å². The minimum atomic E-state index is -2.82. The van der Waals surface area contributed by atoms with Crippen LogP contribution in [0.4, 0.5) is 11.4 Å². The molecule has 0 saturated carbocycles. The Labute approximate surface area is 435 Å². The van der Waals surface area contributed by atoms with Gasteiger partial charge in [0, 0.05) is 49.7 Å². The number of hydrogen-bond donors (Lipinski definition) is 1. The van der Waals surface area contributed by atoms with Gasteiger partial charge in [0.2, 0.25) is 7.38 Å². The summed E-state index contributed by atoms with van der Waals surface area (Å²) in [5, 5.41) is 14.6. The number of benzene rings is 6. The van der Waals surface area contributed by atoms with E-state index in [2.05, 4.69) is 188 Å². The summed E-state index contributed by atoms with van der Waals surface area (Å²) in [6.45, 7) is 26.3. The molecular weight excluding hydrogens is 928 g/mol. The van der Waals surface area contributed by atoms with Crippen LogP contribution in [0.15, 0.2) is 158 Å². The van der Waals surface area contributed by atoms with Crippen LogP contribution in [0.5, 0.6) is 11.5 Å². The van der Waals surface area contributed by atoms with E-state index in [0.29, 0.717) is 23.2 Å². The maximum Gasteiger partial charge on any atom is 0.319 e. The zero-order valence-corrected chi connectivity index (χ0v) is 47.4. The van der Waals surface area contributed by atoms with E-state index in [-0.39, 0.29) is 15.8 Å². The van der Waals surface area contributed by atoms with Crippen molar-refractivity contribution in [2.75, 3.05) is 36.0 Å². The lowest BCUT2D eigenvalue weighted by molar-refractivity contribution is 0.111. The lowest BCUT2D eigenvalue weighted by Gasteiger charge is -2.43. The van der Waals surface area contributed by atoms with Gasteiger partial charge in [0.05, 0.1) is 11.1 Å². The van der Waals surface area contributed by atoms with Crippen molar-refractivity contribution in [2.24, 2.45) is 0 Å². The number of nitrogens with zero attached hydrogens (tertiary/aromatic N) is 2. The highest BCUT2D eigenvalue weighted by Crippen LogP contribution is 2.40. The summed E-state index contributed by atoms with van der Waals surface area (Å²) >= 11 is 7.21. The monoisotopic (exact) mass is 1010 g/mol. The second-order valence-electron chi connectivity index (χ2n) is 20.5. The number of aldehydes is 2. The molecule has 0 saturated heterocycles. The number of phenolic OH excluding ortho intramolecular Hbond substituents is 1. The van der Waals surface area contributed by atoms with Crippen LogP contribution in [0.3, 0.4) is 0 Å². The van der Waals surface area contributed by atoms with Crippen LogP contribution >= 0.6 is 11.1 Å². The average molecular weight is 1010 g/mol. The maximum absolute atomic E-state index is 12.2. The molecule has 0 atom stereocenters. The van der Waals surface area contributed by atoms with E-state index in [4.69, 9.17) is 15.5 Å². The number of anilines is 2. The molecule has 0 aliphatic heterocycles. The maximum atomic E-state index is 12.2. The first-order valence-electron chi connectivity index (χ1n) is 26.0.